The average molecular weight is 374 g/mol. The molecule has 6 heteroatoms. The molecular weight excluding hydrogens is 359 g/mol. The molecule has 111 valence electrons. The third-order valence-corrected chi connectivity index (χ3v) is 3.38. The zero-order valence-corrected chi connectivity index (χ0v) is 15.1. The molecule has 1 aliphatic rings. The minimum absolute atomic E-state index is 0. The first kappa shape index (κ1) is 19.2. The number of Topliss-reactive ketones (excluding diaryl/α,β-unsaturated/α-hetero) is 1. The molecule has 0 spiro atoms. The van der Waals surface area contributed by atoms with Gasteiger partial charge in [0.2, 0.25) is 0 Å². The Bertz CT molecular complexity index is 678. The van der Waals surface area contributed by atoms with Crippen LogP contribution in [0, 0.1) is 13.2 Å². The summed E-state index contributed by atoms with van der Waals surface area (Å²) in [6.45, 7) is 0.384. The number of hydrogen-bond donors (Lipinski definition) is 1. The molecule has 0 saturated carbocycles. The second kappa shape index (κ2) is 8.11. The Morgan fingerprint density at radius 2 is 2.05 bits per heavy atom. The van der Waals surface area contributed by atoms with Crippen molar-refractivity contribution in [3.8, 4) is 0 Å². The fourth-order valence-corrected chi connectivity index (χ4v) is 2.32. The van der Waals surface area contributed by atoms with Crippen LogP contribution >= 0.6 is 0 Å². The van der Waals surface area contributed by atoms with E-state index in [0.717, 1.165) is 11.1 Å². The third-order valence-electron chi connectivity index (χ3n) is 3.38. The van der Waals surface area contributed by atoms with E-state index < -0.39 is 12.9 Å². The second-order valence-corrected chi connectivity index (χ2v) is 4.81. The van der Waals surface area contributed by atoms with E-state index in [1.54, 1.807) is 12.1 Å². The predicted molar refractivity (Wildman–Crippen MR) is 79.7 cm³/mol. The Kier molecular flexibility index (Phi) is 7.07. The molecular formula is C16H15BFO3Y-. The van der Waals surface area contributed by atoms with Gasteiger partial charge in [-0.05, 0) is 28.7 Å². The van der Waals surface area contributed by atoms with E-state index in [4.69, 9.17) is 4.65 Å². The van der Waals surface area contributed by atoms with Crippen LogP contribution in [0.3, 0.4) is 0 Å². The minimum Gasteiger partial charge on any atom is -0.423 e. The quantitative estimate of drug-likeness (QED) is 0.508. The molecule has 0 unspecified atom stereocenters. The fourth-order valence-electron chi connectivity index (χ4n) is 2.32. The molecule has 3 nitrogen and oxygen atoms in total. The summed E-state index contributed by atoms with van der Waals surface area (Å²) >= 11 is 0. The zero-order valence-electron chi connectivity index (χ0n) is 12.3. The molecule has 1 aliphatic heterocycles. The Morgan fingerprint density at radius 3 is 2.77 bits per heavy atom. The van der Waals surface area contributed by atoms with Gasteiger partial charge in [0.15, 0.2) is 5.78 Å². The smallest absolute Gasteiger partial charge is 0.423 e. The number of halogens is 1. The van der Waals surface area contributed by atoms with Gasteiger partial charge in [-0.25, -0.2) is 4.39 Å². The van der Waals surface area contributed by atoms with Crippen molar-refractivity contribution in [1.29, 1.82) is 0 Å². The van der Waals surface area contributed by atoms with Gasteiger partial charge >= 0.3 is 7.12 Å². The second-order valence-electron chi connectivity index (χ2n) is 4.81. The van der Waals surface area contributed by atoms with Crippen LogP contribution in [0.2, 0.25) is 0 Å². The number of rotatable bonds is 3. The normalized spacial score (nSPS) is 12.2. The first-order valence-corrected chi connectivity index (χ1v) is 6.33. The van der Waals surface area contributed by atoms with E-state index in [9.17, 15) is 14.2 Å². The van der Waals surface area contributed by atoms with Crippen LogP contribution in [0.5, 0.6) is 0 Å². The molecule has 0 bridgehead atoms. The molecule has 0 aliphatic carbocycles. The van der Waals surface area contributed by atoms with Crippen molar-refractivity contribution in [2.24, 2.45) is 0 Å². The largest absolute Gasteiger partial charge is 0.491 e. The summed E-state index contributed by atoms with van der Waals surface area (Å²) in [4.78, 5) is 12.1. The standard InChI is InChI=1S/C15H12BFO3.CH3.Y/c17-13-3-1-2-11(8-13)15(18)7-10-4-5-12-9-20-16(19)14(12)6-10;;/h1-6,8,19H,7,9H2;1H3;/q;-1;. The molecule has 0 saturated heterocycles. The van der Waals surface area contributed by atoms with Gasteiger partial charge in [0.1, 0.15) is 5.82 Å². The summed E-state index contributed by atoms with van der Waals surface area (Å²) in [5.41, 5.74) is 2.76. The van der Waals surface area contributed by atoms with Gasteiger partial charge in [-0.1, -0.05) is 30.3 Å². The summed E-state index contributed by atoms with van der Waals surface area (Å²) in [5.74, 6) is -0.577. The predicted octanol–water partition coefficient (Wildman–Crippen LogP) is 1.92. The topological polar surface area (TPSA) is 46.5 Å². The molecule has 3 rings (SSSR count). The number of carbonyl (C=O) groups excluding carboxylic acids is 1. The van der Waals surface area contributed by atoms with Crippen LogP contribution in [0.4, 0.5) is 4.39 Å². The average Bonchev–Trinajstić information content (AvgIpc) is 2.80. The van der Waals surface area contributed by atoms with Gasteiger partial charge in [-0.3, -0.25) is 4.79 Å². The fraction of sp³-hybridized carbons (Fsp3) is 0.125. The van der Waals surface area contributed by atoms with Crippen LogP contribution in [-0.4, -0.2) is 17.9 Å². The van der Waals surface area contributed by atoms with Crippen LogP contribution in [0.25, 0.3) is 0 Å². The van der Waals surface area contributed by atoms with E-state index in [-0.39, 0.29) is 52.3 Å². The summed E-state index contributed by atoms with van der Waals surface area (Å²) in [7, 11) is -0.922. The van der Waals surface area contributed by atoms with Crippen molar-refractivity contribution in [1.82, 2.24) is 0 Å². The van der Waals surface area contributed by atoms with Crippen LogP contribution in [0.1, 0.15) is 21.5 Å². The van der Waals surface area contributed by atoms with Gasteiger partial charge in [-0.15, -0.1) is 0 Å². The molecule has 1 radical (unpaired) electrons. The molecule has 2 aromatic rings. The van der Waals surface area contributed by atoms with Crippen molar-refractivity contribution in [2.45, 2.75) is 13.0 Å². The minimum atomic E-state index is -0.922. The summed E-state index contributed by atoms with van der Waals surface area (Å²) < 4.78 is 18.2. The SMILES string of the molecule is O=C(Cc1ccc2c(c1)B(O)OC2)c1cccc(F)c1.[CH3-].[Y]. The van der Waals surface area contributed by atoms with E-state index >= 15 is 0 Å². The number of ketones is 1. The van der Waals surface area contributed by atoms with Gasteiger partial charge in [0.05, 0.1) is 6.61 Å². The van der Waals surface area contributed by atoms with Gasteiger partial charge in [-0.2, -0.15) is 0 Å². The maximum Gasteiger partial charge on any atom is 0.491 e. The van der Waals surface area contributed by atoms with Crippen molar-refractivity contribution in [3.05, 3.63) is 72.4 Å². The van der Waals surface area contributed by atoms with Crippen molar-refractivity contribution in [3.63, 3.8) is 0 Å². The Hall–Kier alpha value is -0.871. The van der Waals surface area contributed by atoms with Crippen LogP contribution < -0.4 is 5.46 Å². The molecule has 0 amide bonds. The molecule has 0 atom stereocenters. The summed E-state index contributed by atoms with van der Waals surface area (Å²) in [6, 6.07) is 11.1. The van der Waals surface area contributed by atoms with Gasteiger partial charge < -0.3 is 17.1 Å². The van der Waals surface area contributed by atoms with Crippen molar-refractivity contribution < 1.29 is 51.6 Å². The van der Waals surface area contributed by atoms with Gasteiger partial charge in [0, 0.05) is 44.7 Å². The Labute approximate surface area is 154 Å². The number of carbonyl (C=O) groups is 1. The van der Waals surface area contributed by atoms with E-state index in [1.165, 1.54) is 18.2 Å². The van der Waals surface area contributed by atoms with E-state index in [0.29, 0.717) is 17.6 Å². The molecule has 22 heavy (non-hydrogen) atoms. The van der Waals surface area contributed by atoms with Gasteiger partial charge in [0.25, 0.3) is 0 Å². The zero-order chi connectivity index (χ0) is 14.1. The summed E-state index contributed by atoms with van der Waals surface area (Å²) in [6.07, 6.45) is 0.170. The third kappa shape index (κ3) is 4.11. The molecule has 0 fully saturated rings. The van der Waals surface area contributed by atoms with E-state index in [1.807, 2.05) is 12.1 Å². The number of fused-ring (bicyclic) bond motifs is 1. The van der Waals surface area contributed by atoms with E-state index in [2.05, 4.69) is 0 Å². The number of hydrogen-bond acceptors (Lipinski definition) is 3. The Balaban J connectivity index is 0.00000121. The Morgan fingerprint density at radius 1 is 1.27 bits per heavy atom. The molecule has 2 aromatic carbocycles. The summed E-state index contributed by atoms with van der Waals surface area (Å²) in [5, 5.41) is 9.64. The first-order valence-electron chi connectivity index (χ1n) is 6.33. The van der Waals surface area contributed by atoms with Crippen LogP contribution in [0.15, 0.2) is 42.5 Å². The monoisotopic (exact) mass is 374 g/mol. The first-order chi connectivity index (χ1) is 9.63. The maximum absolute atomic E-state index is 13.1. The molecule has 1 N–H and O–H groups in total. The van der Waals surface area contributed by atoms with Crippen molar-refractivity contribution in [2.75, 3.05) is 0 Å². The maximum atomic E-state index is 13.1. The van der Waals surface area contributed by atoms with Crippen LogP contribution in [-0.2, 0) is 50.4 Å². The molecule has 0 aromatic heterocycles. The van der Waals surface area contributed by atoms with Crippen molar-refractivity contribution >= 4 is 18.4 Å². The number of benzene rings is 2. The molecule has 1 heterocycles.